The fraction of sp³-hybridized carbons (Fsp3) is 0.571. The van der Waals surface area contributed by atoms with Crippen LogP contribution in [0.3, 0.4) is 0 Å². The molecule has 0 N–H and O–H groups in total. The van der Waals surface area contributed by atoms with E-state index >= 15 is 0 Å². The highest BCUT2D eigenvalue weighted by atomic mass is 28.4. The summed E-state index contributed by atoms with van der Waals surface area (Å²) in [6.45, 7) is 11.5. The second kappa shape index (κ2) is 6.01. The van der Waals surface area contributed by atoms with Gasteiger partial charge in [0.15, 0.2) is 8.32 Å². The average molecular weight is 288 g/mol. The van der Waals surface area contributed by atoms with E-state index < -0.39 is 20.0 Å². The quantitative estimate of drug-likeness (QED) is 0.592. The van der Waals surface area contributed by atoms with E-state index in [0.29, 0.717) is 6.61 Å². The van der Waals surface area contributed by atoms with Gasteiger partial charge in [0.05, 0.1) is 6.61 Å². The van der Waals surface area contributed by atoms with Gasteiger partial charge < -0.3 is 9.16 Å². The van der Waals surface area contributed by atoms with Gasteiger partial charge in [-0.1, -0.05) is 20.8 Å². The van der Waals surface area contributed by atoms with Crippen molar-refractivity contribution in [1.82, 2.24) is 0 Å². The summed E-state index contributed by atoms with van der Waals surface area (Å²) in [7, 11) is -1.79. The number of halogens is 2. The molecule has 1 rings (SSSR count). The van der Waals surface area contributed by atoms with E-state index in [4.69, 9.17) is 9.16 Å². The first-order chi connectivity index (χ1) is 8.62. The van der Waals surface area contributed by atoms with Gasteiger partial charge >= 0.3 is 0 Å². The molecule has 0 unspecified atom stereocenters. The van der Waals surface area contributed by atoms with Gasteiger partial charge in [-0.3, -0.25) is 0 Å². The summed E-state index contributed by atoms with van der Waals surface area (Å²) in [6.07, 6.45) is 0. The molecule has 0 amide bonds. The van der Waals surface area contributed by atoms with Crippen molar-refractivity contribution in [3.63, 3.8) is 0 Å². The van der Waals surface area contributed by atoms with E-state index in [1.54, 1.807) is 0 Å². The fourth-order valence-corrected chi connectivity index (χ4v) is 2.31. The smallest absolute Gasteiger partial charge is 0.192 e. The van der Waals surface area contributed by atoms with Crippen LogP contribution in [0.15, 0.2) is 18.2 Å². The molecule has 0 aliphatic rings. The fourth-order valence-electron chi connectivity index (χ4n) is 1.28. The predicted octanol–water partition coefficient (Wildman–Crippen LogP) is 4.37. The zero-order valence-electron chi connectivity index (χ0n) is 12.2. The Morgan fingerprint density at radius 2 is 1.53 bits per heavy atom. The third kappa shape index (κ3) is 4.91. The first-order valence-corrected chi connectivity index (χ1v) is 9.25. The summed E-state index contributed by atoms with van der Waals surface area (Å²) in [5, 5.41) is 0.137. The van der Waals surface area contributed by atoms with Crippen LogP contribution in [0.4, 0.5) is 8.78 Å². The zero-order valence-corrected chi connectivity index (χ0v) is 13.2. The van der Waals surface area contributed by atoms with Crippen molar-refractivity contribution in [3.05, 3.63) is 29.8 Å². The number of benzene rings is 1. The van der Waals surface area contributed by atoms with E-state index in [1.807, 2.05) is 0 Å². The molecule has 0 heterocycles. The molecule has 19 heavy (non-hydrogen) atoms. The number of hydrogen-bond acceptors (Lipinski definition) is 2. The lowest BCUT2D eigenvalue weighted by Gasteiger charge is -2.36. The van der Waals surface area contributed by atoms with Crippen molar-refractivity contribution < 1.29 is 17.9 Å². The first kappa shape index (κ1) is 16.1. The summed E-state index contributed by atoms with van der Waals surface area (Å²) >= 11 is 0. The minimum absolute atomic E-state index is 0.137. The molecule has 5 heteroatoms. The van der Waals surface area contributed by atoms with E-state index in [-0.39, 0.29) is 17.4 Å². The van der Waals surface area contributed by atoms with Crippen LogP contribution in [0.25, 0.3) is 0 Å². The minimum atomic E-state index is -1.79. The van der Waals surface area contributed by atoms with Crippen LogP contribution in [-0.4, -0.2) is 21.5 Å². The van der Waals surface area contributed by atoms with Crippen molar-refractivity contribution >= 4 is 8.32 Å². The number of rotatable bonds is 5. The highest BCUT2D eigenvalue weighted by Gasteiger charge is 2.36. The van der Waals surface area contributed by atoms with Gasteiger partial charge in [0.1, 0.15) is 24.0 Å². The van der Waals surface area contributed by atoms with Gasteiger partial charge in [-0.15, -0.1) is 0 Å². The maximum atomic E-state index is 12.9. The lowest BCUT2D eigenvalue weighted by molar-refractivity contribution is 0.202. The topological polar surface area (TPSA) is 18.5 Å². The van der Waals surface area contributed by atoms with Crippen LogP contribution in [0.5, 0.6) is 5.75 Å². The maximum Gasteiger partial charge on any atom is 0.192 e. The molecule has 0 fully saturated rings. The summed E-state index contributed by atoms with van der Waals surface area (Å²) in [5.41, 5.74) is 0. The molecule has 0 bridgehead atoms. The maximum absolute atomic E-state index is 12.9. The molecule has 2 nitrogen and oxygen atoms in total. The van der Waals surface area contributed by atoms with Crippen LogP contribution < -0.4 is 4.74 Å². The van der Waals surface area contributed by atoms with E-state index in [9.17, 15) is 8.78 Å². The van der Waals surface area contributed by atoms with Gasteiger partial charge in [-0.2, -0.15) is 0 Å². The van der Waals surface area contributed by atoms with Crippen molar-refractivity contribution in [2.45, 2.75) is 38.9 Å². The molecule has 0 aliphatic heterocycles. The third-order valence-corrected chi connectivity index (χ3v) is 8.00. The van der Waals surface area contributed by atoms with Crippen molar-refractivity contribution in [2.75, 3.05) is 13.2 Å². The lowest BCUT2D eigenvalue weighted by Crippen LogP contribution is -2.41. The van der Waals surface area contributed by atoms with E-state index in [1.165, 1.54) is 0 Å². The standard InChI is InChI=1S/C14H22F2O2Si/c1-14(2,3)19(4,5)18-7-6-17-13-9-11(15)8-12(16)10-13/h8-10H,6-7H2,1-5H3. The Morgan fingerprint density at radius 1 is 1.00 bits per heavy atom. The van der Waals surface area contributed by atoms with Gasteiger partial charge in [0.2, 0.25) is 0 Å². The first-order valence-electron chi connectivity index (χ1n) is 6.35. The number of hydrogen-bond donors (Lipinski definition) is 0. The molecule has 0 spiro atoms. The Bertz CT molecular complexity index is 408. The molecule has 108 valence electrons. The second-order valence-electron chi connectivity index (χ2n) is 6.06. The van der Waals surface area contributed by atoms with Crippen LogP contribution in [-0.2, 0) is 4.43 Å². The molecule has 0 saturated heterocycles. The predicted molar refractivity (Wildman–Crippen MR) is 75.0 cm³/mol. The third-order valence-electron chi connectivity index (χ3n) is 3.46. The van der Waals surface area contributed by atoms with Crippen LogP contribution >= 0.6 is 0 Å². The summed E-state index contributed by atoms with van der Waals surface area (Å²) < 4.78 is 37.1. The Labute approximate surface area is 114 Å². The molecular formula is C14H22F2O2Si. The largest absolute Gasteiger partial charge is 0.491 e. The molecule has 1 aromatic rings. The molecule has 1 aromatic carbocycles. The van der Waals surface area contributed by atoms with Crippen LogP contribution in [0, 0.1) is 11.6 Å². The van der Waals surface area contributed by atoms with Gasteiger partial charge in [-0.05, 0) is 18.1 Å². The van der Waals surface area contributed by atoms with E-state index in [2.05, 4.69) is 33.9 Å². The second-order valence-corrected chi connectivity index (χ2v) is 10.9. The monoisotopic (exact) mass is 288 g/mol. The summed E-state index contributed by atoms with van der Waals surface area (Å²) in [5.74, 6) is -1.09. The molecule has 0 radical (unpaired) electrons. The van der Waals surface area contributed by atoms with Crippen LogP contribution in [0.2, 0.25) is 18.1 Å². The molecule has 0 atom stereocenters. The molecule has 0 aromatic heterocycles. The Hall–Kier alpha value is -0.943. The Kier molecular flexibility index (Phi) is 5.09. The minimum Gasteiger partial charge on any atom is -0.491 e. The molecule has 0 aliphatic carbocycles. The lowest BCUT2D eigenvalue weighted by atomic mass is 10.2. The SMILES string of the molecule is CC(C)(C)[Si](C)(C)OCCOc1cc(F)cc(F)c1. The van der Waals surface area contributed by atoms with Crippen molar-refractivity contribution in [3.8, 4) is 5.75 Å². The highest BCUT2D eigenvalue weighted by molar-refractivity contribution is 6.74. The van der Waals surface area contributed by atoms with Gasteiger partial charge in [0.25, 0.3) is 0 Å². The number of ether oxygens (including phenoxy) is 1. The molecule has 0 saturated carbocycles. The normalized spacial score (nSPS) is 12.6. The van der Waals surface area contributed by atoms with Crippen molar-refractivity contribution in [2.24, 2.45) is 0 Å². The Balaban J connectivity index is 2.43. The summed E-state index contributed by atoms with van der Waals surface area (Å²) in [6, 6.07) is 3.14. The average Bonchev–Trinajstić information content (AvgIpc) is 2.21. The van der Waals surface area contributed by atoms with Gasteiger partial charge in [0, 0.05) is 18.2 Å². The molecular weight excluding hydrogens is 266 g/mol. The zero-order chi connectivity index (χ0) is 14.7. The Morgan fingerprint density at radius 3 is 2.00 bits per heavy atom. The van der Waals surface area contributed by atoms with Crippen LogP contribution in [0.1, 0.15) is 20.8 Å². The van der Waals surface area contributed by atoms with E-state index in [0.717, 1.165) is 18.2 Å². The summed E-state index contributed by atoms with van der Waals surface area (Å²) in [4.78, 5) is 0. The van der Waals surface area contributed by atoms with Crippen molar-refractivity contribution in [1.29, 1.82) is 0 Å². The highest BCUT2D eigenvalue weighted by Crippen LogP contribution is 2.36. The van der Waals surface area contributed by atoms with Gasteiger partial charge in [-0.25, -0.2) is 8.78 Å².